The van der Waals surface area contributed by atoms with Gasteiger partial charge in [0.2, 0.25) is 0 Å². The zero-order chi connectivity index (χ0) is 17.0. The monoisotopic (exact) mass is 345 g/mol. The first-order valence-corrected chi connectivity index (χ1v) is 7.73. The fourth-order valence-corrected chi connectivity index (χ4v) is 3.20. The van der Waals surface area contributed by atoms with E-state index >= 15 is 0 Å². The number of aliphatic hydroxyl groups is 4. The lowest BCUT2D eigenvalue weighted by Crippen LogP contribution is -2.57. The number of methoxy groups -OCH3 is 1. The molecule has 0 spiro atoms. The largest absolute Gasteiger partial charge is 0.497 e. The number of aliphatic hydroxyl groups excluding tert-OH is 4. The number of benzene rings is 1. The number of thioether (sulfide) groups is 1. The summed E-state index contributed by atoms with van der Waals surface area (Å²) in [6.45, 7) is -0.518. The summed E-state index contributed by atoms with van der Waals surface area (Å²) < 4.78 is 10.4. The maximum Gasteiger partial charge on any atom is 0.145 e. The Labute approximate surface area is 137 Å². The lowest BCUT2D eigenvalue weighted by atomic mass is 10.0. The van der Waals surface area contributed by atoms with Crippen LogP contribution < -0.4 is 4.74 Å². The second kappa shape index (κ2) is 7.95. The van der Waals surface area contributed by atoms with Gasteiger partial charge in [-0.15, -0.1) is 0 Å². The van der Waals surface area contributed by atoms with Crippen molar-refractivity contribution >= 4 is 16.8 Å². The van der Waals surface area contributed by atoms with Crippen molar-refractivity contribution in [2.75, 3.05) is 13.7 Å². The normalized spacial score (nSPS) is 31.9. The Morgan fingerprint density at radius 1 is 1.17 bits per heavy atom. The van der Waals surface area contributed by atoms with Gasteiger partial charge in [-0.25, -0.2) is 0 Å². The first kappa shape index (κ1) is 18.0. The van der Waals surface area contributed by atoms with Gasteiger partial charge in [-0.1, -0.05) is 16.9 Å². The number of hydrogen-bond acceptors (Lipinski definition) is 9. The lowest BCUT2D eigenvalue weighted by Gasteiger charge is -2.39. The van der Waals surface area contributed by atoms with E-state index in [1.165, 1.54) is 7.11 Å². The molecule has 5 N–H and O–H groups in total. The Morgan fingerprint density at radius 3 is 2.35 bits per heavy atom. The van der Waals surface area contributed by atoms with Crippen LogP contribution in [0.3, 0.4) is 0 Å². The van der Waals surface area contributed by atoms with E-state index in [4.69, 9.17) is 14.6 Å². The minimum Gasteiger partial charge on any atom is -0.497 e. The average Bonchev–Trinajstić information content (AvgIpc) is 2.59. The van der Waals surface area contributed by atoms with Crippen molar-refractivity contribution in [3.8, 4) is 5.75 Å². The molecule has 1 heterocycles. The molecule has 1 aromatic rings. The molecule has 1 fully saturated rings. The molecule has 0 aliphatic carbocycles. The van der Waals surface area contributed by atoms with Crippen molar-refractivity contribution in [2.24, 2.45) is 5.16 Å². The van der Waals surface area contributed by atoms with E-state index in [1.54, 1.807) is 24.3 Å². The van der Waals surface area contributed by atoms with E-state index in [1.807, 2.05) is 0 Å². The first-order valence-electron chi connectivity index (χ1n) is 6.85. The third kappa shape index (κ3) is 3.94. The number of rotatable bonds is 4. The van der Waals surface area contributed by atoms with Gasteiger partial charge in [-0.2, -0.15) is 0 Å². The number of oxime groups is 1. The van der Waals surface area contributed by atoms with E-state index in [-0.39, 0.29) is 5.04 Å². The Morgan fingerprint density at radius 2 is 1.83 bits per heavy atom. The van der Waals surface area contributed by atoms with Crippen molar-refractivity contribution in [1.29, 1.82) is 0 Å². The predicted molar refractivity (Wildman–Crippen MR) is 82.7 cm³/mol. The SMILES string of the molecule is COc1ccc(/C(=N/O)S[C@@H]2O[C@H](CO)[C@H](O)[C@H](O)[C@H]2O)cc1. The maximum absolute atomic E-state index is 10.0. The van der Waals surface area contributed by atoms with Crippen LogP contribution in [-0.2, 0) is 4.74 Å². The average molecular weight is 345 g/mol. The molecule has 9 heteroatoms. The molecule has 0 saturated carbocycles. The van der Waals surface area contributed by atoms with Gasteiger partial charge in [0.05, 0.1) is 13.7 Å². The highest BCUT2D eigenvalue weighted by atomic mass is 32.2. The maximum atomic E-state index is 10.0. The molecule has 1 aliphatic heterocycles. The Hall–Kier alpha value is -1.36. The molecular weight excluding hydrogens is 326 g/mol. The van der Waals surface area contributed by atoms with Crippen molar-refractivity contribution < 1.29 is 35.1 Å². The molecule has 0 amide bonds. The van der Waals surface area contributed by atoms with Crippen LogP contribution in [0.2, 0.25) is 0 Å². The Balaban J connectivity index is 2.14. The Kier molecular flexibility index (Phi) is 6.22. The van der Waals surface area contributed by atoms with Crippen molar-refractivity contribution in [2.45, 2.75) is 29.9 Å². The summed E-state index contributed by atoms with van der Waals surface area (Å²) in [5, 5.41) is 51.2. The molecular formula is C14H19NO7S. The molecule has 0 bridgehead atoms. The lowest BCUT2D eigenvalue weighted by molar-refractivity contribution is -0.205. The topological polar surface area (TPSA) is 132 Å². The molecule has 0 radical (unpaired) electrons. The van der Waals surface area contributed by atoms with Crippen LogP contribution in [0.1, 0.15) is 5.56 Å². The zero-order valence-electron chi connectivity index (χ0n) is 12.3. The summed E-state index contributed by atoms with van der Waals surface area (Å²) in [4.78, 5) is 0. The van der Waals surface area contributed by atoms with Gasteiger partial charge in [0.1, 0.15) is 40.6 Å². The predicted octanol–water partition coefficient (Wildman–Crippen LogP) is -0.636. The molecule has 128 valence electrons. The highest BCUT2D eigenvalue weighted by molar-refractivity contribution is 8.14. The van der Waals surface area contributed by atoms with E-state index < -0.39 is 36.5 Å². The van der Waals surface area contributed by atoms with E-state index in [0.717, 1.165) is 11.8 Å². The van der Waals surface area contributed by atoms with Crippen LogP contribution in [0.4, 0.5) is 0 Å². The summed E-state index contributed by atoms with van der Waals surface area (Å²) in [6.07, 6.45) is -5.33. The van der Waals surface area contributed by atoms with Gasteiger partial charge in [0.25, 0.3) is 0 Å². The second-order valence-electron chi connectivity index (χ2n) is 4.95. The van der Waals surface area contributed by atoms with Crippen LogP contribution in [-0.4, -0.2) is 74.2 Å². The van der Waals surface area contributed by atoms with Crippen LogP contribution >= 0.6 is 11.8 Å². The zero-order valence-corrected chi connectivity index (χ0v) is 13.1. The molecule has 5 atom stereocenters. The number of hydrogen-bond donors (Lipinski definition) is 5. The van der Waals surface area contributed by atoms with E-state index in [9.17, 15) is 20.5 Å². The first-order chi connectivity index (χ1) is 11.0. The summed E-state index contributed by atoms with van der Waals surface area (Å²) in [6, 6.07) is 6.67. The third-order valence-corrected chi connectivity index (χ3v) is 4.67. The van der Waals surface area contributed by atoms with Crippen LogP contribution in [0.15, 0.2) is 29.4 Å². The fraction of sp³-hybridized carbons (Fsp3) is 0.500. The van der Waals surface area contributed by atoms with Crippen molar-refractivity contribution in [3.63, 3.8) is 0 Å². The quantitative estimate of drug-likeness (QED) is 0.211. The molecule has 23 heavy (non-hydrogen) atoms. The van der Waals surface area contributed by atoms with Gasteiger partial charge >= 0.3 is 0 Å². The summed E-state index contributed by atoms with van der Waals surface area (Å²) in [5.74, 6) is 0.629. The van der Waals surface area contributed by atoms with Crippen LogP contribution in [0.25, 0.3) is 0 Å². The van der Waals surface area contributed by atoms with Crippen LogP contribution in [0, 0.1) is 0 Å². The third-order valence-electron chi connectivity index (χ3n) is 3.50. The van der Waals surface area contributed by atoms with Gasteiger partial charge in [0, 0.05) is 5.56 Å². The standard InChI is InChI=1S/C14H19NO7S/c1-21-8-4-2-7(3-5-8)13(15-20)23-14-12(19)11(18)10(17)9(6-16)22-14/h2-5,9-12,14,16-20H,6H2,1H3/b15-13-/t9-,10+,11+,12-,14+/m1/s1. The summed E-state index contributed by atoms with van der Waals surface area (Å²) in [7, 11) is 1.53. The van der Waals surface area contributed by atoms with E-state index in [0.29, 0.717) is 11.3 Å². The summed E-state index contributed by atoms with van der Waals surface area (Å²) >= 11 is 0.870. The highest BCUT2D eigenvalue weighted by Gasteiger charge is 2.44. The van der Waals surface area contributed by atoms with Gasteiger partial charge < -0.3 is 35.1 Å². The van der Waals surface area contributed by atoms with Gasteiger partial charge in [-0.05, 0) is 24.3 Å². The minimum absolute atomic E-state index is 0.150. The Bertz CT molecular complexity index is 536. The van der Waals surface area contributed by atoms with Crippen LogP contribution in [0.5, 0.6) is 5.75 Å². The van der Waals surface area contributed by atoms with E-state index in [2.05, 4.69) is 5.16 Å². The smallest absolute Gasteiger partial charge is 0.145 e. The molecule has 1 aliphatic rings. The fourth-order valence-electron chi connectivity index (χ4n) is 2.16. The molecule has 1 saturated heterocycles. The van der Waals surface area contributed by atoms with Crippen molar-refractivity contribution in [3.05, 3.63) is 29.8 Å². The highest BCUT2D eigenvalue weighted by Crippen LogP contribution is 2.31. The molecule has 1 aromatic carbocycles. The van der Waals surface area contributed by atoms with Gasteiger partial charge in [0.15, 0.2) is 0 Å². The molecule has 0 aromatic heterocycles. The number of ether oxygens (including phenoxy) is 2. The second-order valence-corrected chi connectivity index (χ2v) is 6.04. The number of nitrogens with zero attached hydrogens (tertiary/aromatic N) is 1. The minimum atomic E-state index is -1.48. The molecule has 8 nitrogen and oxygen atoms in total. The van der Waals surface area contributed by atoms with Crippen molar-refractivity contribution in [1.82, 2.24) is 0 Å². The van der Waals surface area contributed by atoms with Gasteiger partial charge in [-0.3, -0.25) is 0 Å². The molecule has 0 unspecified atom stereocenters. The molecule has 2 rings (SSSR count). The summed E-state index contributed by atoms with van der Waals surface area (Å²) in [5.41, 5.74) is -0.464.